The minimum absolute atomic E-state index is 0.114. The van der Waals surface area contributed by atoms with E-state index in [1.807, 2.05) is 64.1 Å². The second-order valence-electron chi connectivity index (χ2n) is 8.24. The zero-order chi connectivity index (χ0) is 23.7. The van der Waals surface area contributed by atoms with Crippen molar-refractivity contribution in [3.8, 4) is 5.75 Å². The molecule has 0 saturated heterocycles. The molecule has 0 spiro atoms. The zero-order valence-corrected chi connectivity index (χ0v) is 21.4. The molecule has 2 aromatic carbocycles. The van der Waals surface area contributed by atoms with Crippen molar-refractivity contribution in [3.63, 3.8) is 0 Å². The molecule has 0 radical (unpaired) electrons. The molecule has 1 N–H and O–H groups in total. The minimum atomic E-state index is -0.544. The summed E-state index contributed by atoms with van der Waals surface area (Å²) in [6.07, 6.45) is 2.45. The van der Waals surface area contributed by atoms with Crippen molar-refractivity contribution in [2.24, 2.45) is 0 Å². The smallest absolute Gasteiger partial charge is 0.261 e. The van der Waals surface area contributed by atoms with Crippen LogP contribution in [0, 0.1) is 20.8 Å². The van der Waals surface area contributed by atoms with Gasteiger partial charge >= 0.3 is 0 Å². The van der Waals surface area contributed by atoms with Gasteiger partial charge in [-0.2, -0.15) is 0 Å². The molecule has 1 atom stereocenters. The van der Waals surface area contributed by atoms with Crippen molar-refractivity contribution in [2.75, 3.05) is 13.2 Å². The molecule has 0 unspecified atom stereocenters. The SMILES string of the molecule is CCCCNC(=O)[C@H](CC)N(Cc1ccc(C)cc1)C(=O)COc1cc(C)c(Br)c(C)c1. The van der Waals surface area contributed by atoms with E-state index in [1.165, 1.54) is 0 Å². The molecule has 0 aliphatic heterocycles. The Morgan fingerprint density at radius 1 is 1.06 bits per heavy atom. The van der Waals surface area contributed by atoms with Crippen molar-refractivity contribution in [1.82, 2.24) is 10.2 Å². The van der Waals surface area contributed by atoms with Gasteiger partial charge in [0.2, 0.25) is 5.91 Å². The molecule has 2 rings (SSSR count). The minimum Gasteiger partial charge on any atom is -0.484 e. The highest BCUT2D eigenvalue weighted by molar-refractivity contribution is 9.10. The third-order valence-corrected chi connectivity index (χ3v) is 6.71. The van der Waals surface area contributed by atoms with E-state index in [0.29, 0.717) is 25.3 Å². The third kappa shape index (κ3) is 7.37. The van der Waals surface area contributed by atoms with E-state index in [-0.39, 0.29) is 18.4 Å². The fourth-order valence-electron chi connectivity index (χ4n) is 3.53. The first-order chi connectivity index (χ1) is 15.3. The van der Waals surface area contributed by atoms with Crippen molar-refractivity contribution in [2.45, 2.75) is 66.5 Å². The summed E-state index contributed by atoms with van der Waals surface area (Å²) in [5.74, 6) is 0.324. The number of nitrogens with zero attached hydrogens (tertiary/aromatic N) is 1. The zero-order valence-electron chi connectivity index (χ0n) is 19.8. The van der Waals surface area contributed by atoms with Gasteiger partial charge in [0, 0.05) is 17.6 Å². The van der Waals surface area contributed by atoms with Crippen LogP contribution in [0.5, 0.6) is 5.75 Å². The van der Waals surface area contributed by atoms with Gasteiger partial charge in [0.05, 0.1) is 0 Å². The predicted molar refractivity (Wildman–Crippen MR) is 133 cm³/mol. The number of hydrogen-bond acceptors (Lipinski definition) is 3. The first kappa shape index (κ1) is 25.9. The molecule has 5 nitrogen and oxygen atoms in total. The number of nitrogens with one attached hydrogen (secondary N) is 1. The van der Waals surface area contributed by atoms with E-state index in [9.17, 15) is 9.59 Å². The van der Waals surface area contributed by atoms with Crippen LogP contribution in [0.2, 0.25) is 0 Å². The van der Waals surface area contributed by atoms with Crippen molar-refractivity contribution in [3.05, 3.63) is 63.1 Å². The second kappa shape index (κ2) is 12.6. The topological polar surface area (TPSA) is 58.6 Å². The first-order valence-electron chi connectivity index (χ1n) is 11.3. The second-order valence-corrected chi connectivity index (χ2v) is 9.03. The van der Waals surface area contributed by atoms with Crippen LogP contribution >= 0.6 is 15.9 Å². The van der Waals surface area contributed by atoms with E-state index in [1.54, 1.807) is 4.90 Å². The van der Waals surface area contributed by atoms with Gasteiger partial charge in [0.1, 0.15) is 11.8 Å². The van der Waals surface area contributed by atoms with Gasteiger partial charge in [-0.05, 0) is 62.4 Å². The molecule has 0 aliphatic rings. The van der Waals surface area contributed by atoms with E-state index >= 15 is 0 Å². The largest absolute Gasteiger partial charge is 0.484 e. The number of hydrogen-bond donors (Lipinski definition) is 1. The van der Waals surface area contributed by atoms with E-state index in [0.717, 1.165) is 39.6 Å². The Balaban J connectivity index is 2.20. The molecule has 32 heavy (non-hydrogen) atoms. The Morgan fingerprint density at radius 3 is 2.25 bits per heavy atom. The van der Waals surface area contributed by atoms with E-state index < -0.39 is 6.04 Å². The van der Waals surface area contributed by atoms with Gasteiger partial charge in [0.15, 0.2) is 6.61 Å². The van der Waals surface area contributed by atoms with E-state index in [4.69, 9.17) is 4.74 Å². The van der Waals surface area contributed by atoms with Crippen molar-refractivity contribution < 1.29 is 14.3 Å². The van der Waals surface area contributed by atoms with Gasteiger partial charge in [-0.1, -0.05) is 66.0 Å². The molecule has 0 aliphatic carbocycles. The van der Waals surface area contributed by atoms with Crippen LogP contribution < -0.4 is 10.1 Å². The van der Waals surface area contributed by atoms with E-state index in [2.05, 4.69) is 28.2 Å². The summed E-state index contributed by atoms with van der Waals surface area (Å²) in [7, 11) is 0. The van der Waals surface area contributed by atoms with Crippen LogP contribution in [-0.4, -0.2) is 35.9 Å². The lowest BCUT2D eigenvalue weighted by Crippen LogP contribution is -2.50. The molecule has 0 heterocycles. The molecular formula is C26H35BrN2O3. The lowest BCUT2D eigenvalue weighted by Gasteiger charge is -2.30. The normalized spacial score (nSPS) is 11.7. The van der Waals surface area contributed by atoms with Gasteiger partial charge in [-0.25, -0.2) is 0 Å². The number of halogens is 1. The molecule has 2 aromatic rings. The maximum Gasteiger partial charge on any atom is 0.261 e. The van der Waals surface area contributed by atoms with Crippen molar-refractivity contribution in [1.29, 1.82) is 0 Å². The summed E-state index contributed by atoms with van der Waals surface area (Å²) in [5.41, 5.74) is 4.23. The number of carbonyl (C=O) groups excluding carboxylic acids is 2. The highest BCUT2D eigenvalue weighted by Gasteiger charge is 2.28. The Bertz CT molecular complexity index is 889. The fraction of sp³-hybridized carbons (Fsp3) is 0.462. The van der Waals surface area contributed by atoms with Crippen LogP contribution in [0.3, 0.4) is 0 Å². The number of rotatable bonds is 11. The lowest BCUT2D eigenvalue weighted by molar-refractivity contribution is -0.143. The van der Waals surface area contributed by atoms with Crippen LogP contribution in [-0.2, 0) is 16.1 Å². The number of benzene rings is 2. The van der Waals surface area contributed by atoms with Gasteiger partial charge in [-0.3, -0.25) is 9.59 Å². The van der Waals surface area contributed by atoms with Gasteiger partial charge in [0.25, 0.3) is 5.91 Å². The first-order valence-corrected chi connectivity index (χ1v) is 12.1. The standard InChI is InChI=1S/C26H35BrN2O3/c1-6-8-13-28-26(31)23(7-2)29(16-21-11-9-18(3)10-12-21)24(30)17-32-22-14-19(4)25(27)20(5)15-22/h9-12,14-15,23H,6-8,13,16-17H2,1-5H3,(H,28,31)/t23-/m0/s1. The number of unbranched alkanes of at least 4 members (excludes halogenated alkanes) is 1. The van der Waals surface area contributed by atoms with Gasteiger partial charge < -0.3 is 15.0 Å². The highest BCUT2D eigenvalue weighted by atomic mass is 79.9. The monoisotopic (exact) mass is 502 g/mol. The molecule has 0 aromatic heterocycles. The average molecular weight is 503 g/mol. The highest BCUT2D eigenvalue weighted by Crippen LogP contribution is 2.26. The Kier molecular flexibility index (Phi) is 10.2. The molecule has 0 bridgehead atoms. The molecule has 0 fully saturated rings. The Morgan fingerprint density at radius 2 is 1.69 bits per heavy atom. The molecule has 174 valence electrons. The molecule has 2 amide bonds. The van der Waals surface area contributed by atoms with Crippen molar-refractivity contribution >= 4 is 27.7 Å². The summed E-state index contributed by atoms with van der Waals surface area (Å²) in [6, 6.07) is 11.3. The summed E-state index contributed by atoms with van der Waals surface area (Å²) < 4.78 is 6.89. The van der Waals surface area contributed by atoms with Crippen LogP contribution in [0.1, 0.15) is 55.4 Å². The molecule has 6 heteroatoms. The number of aryl methyl sites for hydroxylation is 3. The summed E-state index contributed by atoms with van der Waals surface area (Å²) in [4.78, 5) is 27.8. The molecule has 0 saturated carbocycles. The third-order valence-electron chi connectivity index (χ3n) is 5.46. The maximum atomic E-state index is 13.3. The number of carbonyl (C=O) groups is 2. The van der Waals surface area contributed by atoms with Crippen LogP contribution in [0.15, 0.2) is 40.9 Å². The maximum absolute atomic E-state index is 13.3. The Labute approximate surface area is 200 Å². The summed E-state index contributed by atoms with van der Waals surface area (Å²) in [5, 5.41) is 2.98. The quantitative estimate of drug-likeness (QED) is 0.414. The molecular weight excluding hydrogens is 468 g/mol. The number of amides is 2. The average Bonchev–Trinajstić information content (AvgIpc) is 2.77. The number of ether oxygens (including phenoxy) is 1. The summed E-state index contributed by atoms with van der Waals surface area (Å²) >= 11 is 3.55. The van der Waals surface area contributed by atoms with Gasteiger partial charge in [-0.15, -0.1) is 0 Å². The lowest BCUT2D eigenvalue weighted by atomic mass is 10.1. The Hall–Kier alpha value is -2.34. The van der Waals surface area contributed by atoms with Crippen LogP contribution in [0.25, 0.3) is 0 Å². The predicted octanol–water partition coefficient (Wildman–Crippen LogP) is 5.48. The fourth-order valence-corrected chi connectivity index (χ4v) is 3.76. The summed E-state index contributed by atoms with van der Waals surface area (Å²) in [6.45, 7) is 10.9. The van der Waals surface area contributed by atoms with Crippen LogP contribution in [0.4, 0.5) is 0 Å².